The van der Waals surface area contributed by atoms with Crippen LogP contribution >= 0.6 is 23.2 Å². The van der Waals surface area contributed by atoms with Gasteiger partial charge in [0.2, 0.25) is 0 Å². The maximum atomic E-state index is 10.4. The first-order chi connectivity index (χ1) is 9.00. The molecule has 1 aliphatic rings. The van der Waals surface area contributed by atoms with Gasteiger partial charge >= 0.3 is 0 Å². The Bertz CT molecular complexity index is 447. The van der Waals surface area contributed by atoms with E-state index in [1.807, 2.05) is 0 Å². The molecule has 0 aliphatic heterocycles. The summed E-state index contributed by atoms with van der Waals surface area (Å²) in [6, 6.07) is 2.36. The van der Waals surface area contributed by atoms with E-state index in [-0.39, 0.29) is 16.7 Å². The standard InChI is InChI=1S/C14H19Cl2NO2/c15-9-6-10(14(19)11(16)7-9)12(17)13(18)8-4-2-1-3-5-8/h6-8,12-13,18-19H,1-5,17H2/t12-,13+/m1/s1. The first kappa shape index (κ1) is 14.9. The highest BCUT2D eigenvalue weighted by Crippen LogP contribution is 2.38. The molecule has 0 saturated heterocycles. The van der Waals surface area contributed by atoms with Gasteiger partial charge in [-0.25, -0.2) is 0 Å². The molecule has 3 nitrogen and oxygen atoms in total. The Morgan fingerprint density at radius 3 is 2.42 bits per heavy atom. The van der Waals surface area contributed by atoms with Crippen LogP contribution < -0.4 is 5.73 Å². The summed E-state index contributed by atoms with van der Waals surface area (Å²) in [5.74, 6) is 0.0920. The predicted octanol–water partition coefficient (Wildman–Crippen LogP) is 3.64. The number of halogens is 2. The van der Waals surface area contributed by atoms with Crippen molar-refractivity contribution in [3.8, 4) is 5.75 Å². The summed E-state index contributed by atoms with van der Waals surface area (Å²) in [4.78, 5) is 0. The van der Waals surface area contributed by atoms with Crippen molar-refractivity contribution >= 4 is 23.2 Å². The van der Waals surface area contributed by atoms with Crippen LogP contribution in [0.2, 0.25) is 10.0 Å². The Hall–Kier alpha value is -0.480. The molecule has 1 aromatic rings. The van der Waals surface area contributed by atoms with Gasteiger partial charge in [0.25, 0.3) is 0 Å². The van der Waals surface area contributed by atoms with Gasteiger partial charge in [-0.15, -0.1) is 0 Å². The number of nitrogens with two attached hydrogens (primary N) is 1. The number of phenolic OH excluding ortho intramolecular Hbond substituents is 1. The Kier molecular flexibility index (Phi) is 4.96. The van der Waals surface area contributed by atoms with E-state index in [0.717, 1.165) is 25.7 Å². The van der Waals surface area contributed by atoms with Crippen molar-refractivity contribution in [3.05, 3.63) is 27.7 Å². The van der Waals surface area contributed by atoms with Crippen LogP contribution in [0.4, 0.5) is 0 Å². The van der Waals surface area contributed by atoms with Crippen LogP contribution in [0.25, 0.3) is 0 Å². The molecule has 0 heterocycles. The molecule has 1 aliphatic carbocycles. The molecule has 5 heteroatoms. The second-order valence-corrected chi connectivity index (χ2v) is 6.08. The lowest BCUT2D eigenvalue weighted by Crippen LogP contribution is -2.34. The first-order valence-electron chi connectivity index (χ1n) is 6.62. The molecule has 1 fully saturated rings. The summed E-state index contributed by atoms with van der Waals surface area (Å²) in [6.07, 6.45) is 4.73. The van der Waals surface area contributed by atoms with E-state index in [1.165, 1.54) is 12.5 Å². The molecule has 2 atom stereocenters. The number of phenols is 1. The van der Waals surface area contributed by atoms with Gasteiger partial charge in [-0.1, -0.05) is 42.5 Å². The molecule has 0 amide bonds. The molecule has 1 saturated carbocycles. The van der Waals surface area contributed by atoms with E-state index in [1.54, 1.807) is 6.07 Å². The molecule has 106 valence electrons. The summed E-state index contributed by atoms with van der Waals surface area (Å²) < 4.78 is 0. The maximum absolute atomic E-state index is 10.4. The molecule has 0 radical (unpaired) electrons. The fourth-order valence-corrected chi connectivity index (χ4v) is 3.30. The zero-order valence-electron chi connectivity index (χ0n) is 10.6. The number of aromatic hydroxyl groups is 1. The van der Waals surface area contributed by atoms with E-state index in [4.69, 9.17) is 28.9 Å². The molecule has 0 spiro atoms. The summed E-state index contributed by atoms with van der Waals surface area (Å²) in [7, 11) is 0. The van der Waals surface area contributed by atoms with E-state index < -0.39 is 12.1 Å². The van der Waals surface area contributed by atoms with Crippen molar-refractivity contribution in [2.24, 2.45) is 11.7 Å². The molecule has 1 aromatic carbocycles. The topological polar surface area (TPSA) is 66.5 Å². The minimum atomic E-state index is -0.680. The molecule has 0 bridgehead atoms. The second-order valence-electron chi connectivity index (χ2n) is 5.24. The van der Waals surface area contributed by atoms with Gasteiger partial charge in [-0.2, -0.15) is 0 Å². The van der Waals surface area contributed by atoms with Crippen molar-refractivity contribution in [1.82, 2.24) is 0 Å². The van der Waals surface area contributed by atoms with Crippen molar-refractivity contribution in [2.75, 3.05) is 0 Å². The fraction of sp³-hybridized carbons (Fsp3) is 0.571. The lowest BCUT2D eigenvalue weighted by Gasteiger charge is -2.31. The SMILES string of the molecule is N[C@H](c1cc(Cl)cc(Cl)c1O)[C@@H](O)C1CCCCC1. The van der Waals surface area contributed by atoms with Crippen molar-refractivity contribution in [2.45, 2.75) is 44.2 Å². The Morgan fingerprint density at radius 1 is 1.16 bits per heavy atom. The average molecular weight is 304 g/mol. The molecule has 2 rings (SSSR count). The van der Waals surface area contributed by atoms with Crippen LogP contribution in [-0.2, 0) is 0 Å². The normalized spacial score (nSPS) is 20.2. The molecular formula is C14H19Cl2NO2. The van der Waals surface area contributed by atoms with Crippen LogP contribution in [-0.4, -0.2) is 16.3 Å². The highest BCUT2D eigenvalue weighted by molar-refractivity contribution is 6.35. The number of hydrogen-bond donors (Lipinski definition) is 3. The summed E-state index contributed by atoms with van der Waals surface area (Å²) in [5.41, 5.74) is 6.49. The van der Waals surface area contributed by atoms with Crippen molar-refractivity contribution in [3.63, 3.8) is 0 Å². The number of aliphatic hydroxyl groups excluding tert-OH is 1. The minimum Gasteiger partial charge on any atom is -0.506 e. The fourth-order valence-electron chi connectivity index (χ4n) is 2.79. The lowest BCUT2D eigenvalue weighted by atomic mass is 9.81. The third-order valence-corrected chi connectivity index (χ3v) is 4.42. The largest absolute Gasteiger partial charge is 0.506 e. The highest BCUT2D eigenvalue weighted by Gasteiger charge is 2.29. The molecule has 0 unspecified atom stereocenters. The summed E-state index contributed by atoms with van der Waals surface area (Å²) >= 11 is 11.8. The Balaban J connectivity index is 2.20. The van der Waals surface area contributed by atoms with Crippen LogP contribution in [0.15, 0.2) is 12.1 Å². The van der Waals surface area contributed by atoms with Gasteiger partial charge in [0.1, 0.15) is 5.75 Å². The second kappa shape index (κ2) is 6.31. The monoisotopic (exact) mass is 303 g/mol. The number of aliphatic hydroxyl groups is 1. The average Bonchev–Trinajstić information content (AvgIpc) is 2.42. The number of hydrogen-bond acceptors (Lipinski definition) is 3. The third kappa shape index (κ3) is 3.34. The Labute approximate surface area is 123 Å². The van der Waals surface area contributed by atoms with Gasteiger partial charge < -0.3 is 15.9 Å². The zero-order chi connectivity index (χ0) is 14.0. The molecule has 19 heavy (non-hydrogen) atoms. The number of rotatable bonds is 3. The smallest absolute Gasteiger partial charge is 0.139 e. The molecular weight excluding hydrogens is 285 g/mol. The summed E-state index contributed by atoms with van der Waals surface area (Å²) in [5, 5.41) is 20.9. The van der Waals surface area contributed by atoms with Gasteiger partial charge in [0, 0.05) is 10.6 Å². The van der Waals surface area contributed by atoms with E-state index >= 15 is 0 Å². The van der Waals surface area contributed by atoms with Gasteiger partial charge in [0.05, 0.1) is 17.2 Å². The minimum absolute atomic E-state index is 0.0894. The Morgan fingerprint density at radius 2 is 1.79 bits per heavy atom. The van der Waals surface area contributed by atoms with Gasteiger partial charge in [-0.3, -0.25) is 0 Å². The lowest BCUT2D eigenvalue weighted by molar-refractivity contribution is 0.0611. The molecule has 0 aromatic heterocycles. The third-order valence-electron chi connectivity index (χ3n) is 3.92. The summed E-state index contributed by atoms with van der Waals surface area (Å²) in [6.45, 7) is 0. The zero-order valence-corrected chi connectivity index (χ0v) is 12.2. The predicted molar refractivity (Wildman–Crippen MR) is 77.6 cm³/mol. The van der Waals surface area contributed by atoms with E-state index in [0.29, 0.717) is 10.6 Å². The van der Waals surface area contributed by atoms with Crippen molar-refractivity contribution in [1.29, 1.82) is 0 Å². The van der Waals surface area contributed by atoms with Gasteiger partial charge in [0.15, 0.2) is 0 Å². The van der Waals surface area contributed by atoms with E-state index in [9.17, 15) is 10.2 Å². The van der Waals surface area contributed by atoms with Crippen LogP contribution in [0.5, 0.6) is 5.75 Å². The molecule has 4 N–H and O–H groups in total. The first-order valence-corrected chi connectivity index (χ1v) is 7.38. The van der Waals surface area contributed by atoms with Crippen LogP contribution in [0.3, 0.4) is 0 Å². The number of benzene rings is 1. The van der Waals surface area contributed by atoms with Gasteiger partial charge in [-0.05, 0) is 30.9 Å². The maximum Gasteiger partial charge on any atom is 0.139 e. The van der Waals surface area contributed by atoms with Crippen LogP contribution in [0.1, 0.15) is 43.7 Å². The van der Waals surface area contributed by atoms with E-state index in [2.05, 4.69) is 0 Å². The highest BCUT2D eigenvalue weighted by atomic mass is 35.5. The van der Waals surface area contributed by atoms with Crippen molar-refractivity contribution < 1.29 is 10.2 Å². The quantitative estimate of drug-likeness (QED) is 0.798. The van der Waals surface area contributed by atoms with Crippen LogP contribution in [0, 0.1) is 5.92 Å².